The van der Waals surface area contributed by atoms with Crippen LogP contribution in [0.2, 0.25) is 0 Å². The first-order valence-corrected chi connectivity index (χ1v) is 5.62. The highest BCUT2D eigenvalue weighted by Gasteiger charge is 2.11. The minimum absolute atomic E-state index is 0.225. The molecule has 94 valence electrons. The van der Waals surface area contributed by atoms with E-state index < -0.39 is 0 Å². The second-order valence-corrected chi connectivity index (χ2v) is 3.91. The van der Waals surface area contributed by atoms with Crippen LogP contribution in [0.15, 0.2) is 24.3 Å². The van der Waals surface area contributed by atoms with Crippen molar-refractivity contribution in [2.75, 3.05) is 13.7 Å². The second-order valence-electron chi connectivity index (χ2n) is 3.91. The van der Waals surface area contributed by atoms with Crippen molar-refractivity contribution in [2.24, 2.45) is 5.73 Å². The largest absolute Gasteiger partial charge is 0.460 e. The molecular weight excluding hydrogens is 218 g/mol. The molecule has 0 radical (unpaired) electrons. The average Bonchev–Trinajstić information content (AvgIpc) is 2.29. The van der Waals surface area contributed by atoms with Gasteiger partial charge in [0.2, 0.25) is 0 Å². The molecule has 2 N–H and O–H groups in total. The molecule has 0 heterocycles. The maximum absolute atomic E-state index is 11.6. The lowest BCUT2D eigenvalue weighted by molar-refractivity contribution is -0.149. The van der Waals surface area contributed by atoms with Gasteiger partial charge in [0.1, 0.15) is 6.10 Å². The molecule has 4 heteroatoms. The third kappa shape index (κ3) is 4.54. The van der Waals surface area contributed by atoms with Gasteiger partial charge in [0.05, 0.1) is 13.0 Å². The summed E-state index contributed by atoms with van der Waals surface area (Å²) < 4.78 is 10.1. The normalized spacial score (nSPS) is 12.2. The Morgan fingerprint density at radius 2 is 2.00 bits per heavy atom. The number of carbonyl (C=O) groups excluding carboxylic acids is 1. The Bertz CT molecular complexity index is 365. The van der Waals surface area contributed by atoms with E-state index in [9.17, 15) is 4.79 Å². The van der Waals surface area contributed by atoms with Crippen LogP contribution in [0.25, 0.3) is 0 Å². The number of hydrogen-bond donors (Lipinski definition) is 1. The second kappa shape index (κ2) is 7.04. The number of carbonyl (C=O) groups is 1. The van der Waals surface area contributed by atoms with E-state index in [1.165, 1.54) is 0 Å². The molecule has 0 aliphatic rings. The summed E-state index contributed by atoms with van der Waals surface area (Å²) in [5.41, 5.74) is 7.50. The summed E-state index contributed by atoms with van der Waals surface area (Å²) in [6.45, 7) is 2.64. The fourth-order valence-electron chi connectivity index (χ4n) is 1.62. The van der Waals surface area contributed by atoms with Gasteiger partial charge in [-0.2, -0.15) is 0 Å². The molecular formula is C13H19NO3. The first-order valence-electron chi connectivity index (χ1n) is 5.62. The van der Waals surface area contributed by atoms with Crippen LogP contribution in [-0.2, 0) is 27.2 Å². The molecule has 17 heavy (non-hydrogen) atoms. The van der Waals surface area contributed by atoms with Crippen molar-refractivity contribution >= 4 is 5.97 Å². The van der Waals surface area contributed by atoms with Gasteiger partial charge in [-0.15, -0.1) is 0 Å². The molecule has 0 bridgehead atoms. The van der Waals surface area contributed by atoms with E-state index in [0.717, 1.165) is 11.1 Å². The standard InChI is InChI=1S/C13H19NO3/c1-10(9-16-2)17-13(15)7-11-5-3-4-6-12(11)8-14/h3-6,10H,7-9,14H2,1-2H3. The number of nitrogens with two attached hydrogens (primary N) is 1. The first kappa shape index (κ1) is 13.7. The third-order valence-electron chi connectivity index (χ3n) is 2.41. The highest BCUT2D eigenvalue weighted by atomic mass is 16.6. The molecule has 1 rings (SSSR count). The van der Waals surface area contributed by atoms with Gasteiger partial charge >= 0.3 is 5.97 Å². The number of ether oxygens (including phenoxy) is 2. The van der Waals surface area contributed by atoms with E-state index in [0.29, 0.717) is 13.2 Å². The molecule has 1 aromatic carbocycles. The SMILES string of the molecule is COCC(C)OC(=O)Cc1ccccc1CN. The molecule has 0 aromatic heterocycles. The van der Waals surface area contributed by atoms with Gasteiger partial charge in [0.15, 0.2) is 0 Å². The Labute approximate surface area is 102 Å². The summed E-state index contributed by atoms with van der Waals surface area (Å²) >= 11 is 0. The Balaban J connectivity index is 2.55. The van der Waals surface area contributed by atoms with E-state index in [4.69, 9.17) is 15.2 Å². The Morgan fingerprint density at radius 3 is 2.59 bits per heavy atom. The molecule has 4 nitrogen and oxygen atoms in total. The predicted molar refractivity (Wildman–Crippen MR) is 65.5 cm³/mol. The minimum Gasteiger partial charge on any atom is -0.460 e. The van der Waals surface area contributed by atoms with Crippen LogP contribution in [0.4, 0.5) is 0 Å². The van der Waals surface area contributed by atoms with Gasteiger partial charge in [-0.1, -0.05) is 24.3 Å². The minimum atomic E-state index is -0.254. The monoisotopic (exact) mass is 237 g/mol. The average molecular weight is 237 g/mol. The zero-order valence-corrected chi connectivity index (χ0v) is 10.3. The van der Waals surface area contributed by atoms with Crippen LogP contribution in [0.1, 0.15) is 18.1 Å². The smallest absolute Gasteiger partial charge is 0.310 e. The summed E-state index contributed by atoms with van der Waals surface area (Å²) in [4.78, 5) is 11.6. The van der Waals surface area contributed by atoms with E-state index in [1.54, 1.807) is 14.0 Å². The number of esters is 1. The molecule has 0 amide bonds. The van der Waals surface area contributed by atoms with Gasteiger partial charge in [-0.3, -0.25) is 4.79 Å². The maximum atomic E-state index is 11.6. The van der Waals surface area contributed by atoms with Crippen molar-refractivity contribution in [2.45, 2.75) is 26.0 Å². The van der Waals surface area contributed by atoms with Crippen LogP contribution in [0.5, 0.6) is 0 Å². The van der Waals surface area contributed by atoms with Gasteiger partial charge in [-0.05, 0) is 18.1 Å². The van der Waals surface area contributed by atoms with E-state index in [-0.39, 0.29) is 18.5 Å². The van der Waals surface area contributed by atoms with Crippen LogP contribution in [0, 0.1) is 0 Å². The molecule has 1 atom stereocenters. The van der Waals surface area contributed by atoms with Crippen molar-refractivity contribution in [1.29, 1.82) is 0 Å². The lowest BCUT2D eigenvalue weighted by atomic mass is 10.1. The van der Waals surface area contributed by atoms with Gasteiger partial charge in [-0.25, -0.2) is 0 Å². The Kier molecular flexibility index (Phi) is 5.66. The van der Waals surface area contributed by atoms with Crippen molar-refractivity contribution in [3.05, 3.63) is 35.4 Å². The summed E-state index contributed by atoms with van der Waals surface area (Å²) in [6, 6.07) is 7.61. The molecule has 1 aromatic rings. The predicted octanol–water partition coefficient (Wildman–Crippen LogP) is 1.27. The summed E-state index contributed by atoms with van der Waals surface area (Å²) in [7, 11) is 1.58. The van der Waals surface area contributed by atoms with Gasteiger partial charge in [0, 0.05) is 13.7 Å². The fraction of sp³-hybridized carbons (Fsp3) is 0.462. The molecule has 0 saturated heterocycles. The van der Waals surface area contributed by atoms with Crippen molar-refractivity contribution in [1.82, 2.24) is 0 Å². The lowest BCUT2D eigenvalue weighted by Gasteiger charge is -2.13. The van der Waals surface area contributed by atoms with Crippen LogP contribution < -0.4 is 5.73 Å². The highest BCUT2D eigenvalue weighted by Crippen LogP contribution is 2.10. The zero-order valence-electron chi connectivity index (χ0n) is 10.3. The number of hydrogen-bond acceptors (Lipinski definition) is 4. The number of benzene rings is 1. The first-order chi connectivity index (χ1) is 8.17. The van der Waals surface area contributed by atoms with E-state index in [2.05, 4.69) is 0 Å². The Morgan fingerprint density at radius 1 is 1.35 bits per heavy atom. The van der Waals surface area contributed by atoms with Gasteiger partial charge in [0.25, 0.3) is 0 Å². The third-order valence-corrected chi connectivity index (χ3v) is 2.41. The molecule has 1 unspecified atom stereocenters. The van der Waals surface area contributed by atoms with Crippen LogP contribution >= 0.6 is 0 Å². The number of methoxy groups -OCH3 is 1. The number of rotatable bonds is 6. The topological polar surface area (TPSA) is 61.5 Å². The lowest BCUT2D eigenvalue weighted by Crippen LogP contribution is -2.21. The molecule has 0 aliphatic heterocycles. The van der Waals surface area contributed by atoms with E-state index >= 15 is 0 Å². The van der Waals surface area contributed by atoms with Crippen LogP contribution in [-0.4, -0.2) is 25.8 Å². The Hall–Kier alpha value is -1.39. The molecule has 0 spiro atoms. The van der Waals surface area contributed by atoms with Crippen molar-refractivity contribution in [3.8, 4) is 0 Å². The summed E-state index contributed by atoms with van der Waals surface area (Å²) in [6.07, 6.45) is 0.0269. The fourth-order valence-corrected chi connectivity index (χ4v) is 1.62. The quantitative estimate of drug-likeness (QED) is 0.757. The van der Waals surface area contributed by atoms with Crippen molar-refractivity contribution < 1.29 is 14.3 Å². The highest BCUT2D eigenvalue weighted by molar-refractivity contribution is 5.73. The molecule has 0 saturated carbocycles. The summed E-state index contributed by atoms with van der Waals surface area (Å²) in [5, 5.41) is 0. The van der Waals surface area contributed by atoms with Gasteiger partial charge < -0.3 is 15.2 Å². The maximum Gasteiger partial charge on any atom is 0.310 e. The van der Waals surface area contributed by atoms with Crippen molar-refractivity contribution in [3.63, 3.8) is 0 Å². The summed E-state index contributed by atoms with van der Waals surface area (Å²) in [5.74, 6) is -0.254. The molecule has 0 fully saturated rings. The zero-order chi connectivity index (χ0) is 12.7. The van der Waals surface area contributed by atoms with E-state index in [1.807, 2.05) is 24.3 Å². The molecule has 0 aliphatic carbocycles. The van der Waals surface area contributed by atoms with Crippen LogP contribution in [0.3, 0.4) is 0 Å².